The van der Waals surface area contributed by atoms with Crippen LogP contribution >= 0.6 is 11.6 Å². The van der Waals surface area contributed by atoms with Gasteiger partial charge in [0.1, 0.15) is 31.7 Å². The Labute approximate surface area is 215 Å². The second-order valence-corrected chi connectivity index (χ2v) is 10.3. The van der Waals surface area contributed by atoms with Gasteiger partial charge in [0.15, 0.2) is 5.70 Å². The maximum absolute atomic E-state index is 13.2. The van der Waals surface area contributed by atoms with Crippen molar-refractivity contribution in [1.82, 2.24) is 0 Å². The standard InChI is InChI=1S/C26H27ClNO7S/c1-28(14-4-6-19-8-11-21(27)18-23(19)26(30)33-2)15-5-7-24(28)25(29)20-9-12-22(13-10-20)34-16-17-35-36(3,31)32/h4-13,15,18H,14,16-17H2,1-3H3/q+1/b6-4+. The molecule has 190 valence electrons. The van der Waals surface area contributed by atoms with Crippen LogP contribution in [-0.4, -0.2) is 64.8 Å². The van der Waals surface area contributed by atoms with Gasteiger partial charge in [0.25, 0.3) is 10.1 Å². The van der Waals surface area contributed by atoms with Crippen LogP contribution in [0.2, 0.25) is 5.02 Å². The van der Waals surface area contributed by atoms with E-state index in [1.54, 1.807) is 54.6 Å². The molecule has 0 saturated heterocycles. The molecule has 8 nitrogen and oxygen atoms in total. The van der Waals surface area contributed by atoms with Crippen molar-refractivity contribution >= 4 is 39.5 Å². The molecule has 0 fully saturated rings. The third-order valence-corrected chi connectivity index (χ3v) is 6.25. The molecular weight excluding hydrogens is 506 g/mol. The predicted molar refractivity (Wildman–Crippen MR) is 137 cm³/mol. The minimum atomic E-state index is -3.52. The zero-order valence-corrected chi connectivity index (χ0v) is 21.7. The molecule has 36 heavy (non-hydrogen) atoms. The van der Waals surface area contributed by atoms with Crippen molar-refractivity contribution < 1.29 is 36.1 Å². The summed E-state index contributed by atoms with van der Waals surface area (Å²) in [4.78, 5) is 25.3. The summed E-state index contributed by atoms with van der Waals surface area (Å²) < 4.78 is 37.2. The van der Waals surface area contributed by atoms with Crippen LogP contribution in [0.15, 0.2) is 72.6 Å². The number of likely N-dealkylation sites (N-methyl/N-ethyl adjacent to an activating group) is 1. The molecule has 0 saturated carbocycles. The lowest BCUT2D eigenvalue weighted by atomic mass is 10.1. The van der Waals surface area contributed by atoms with Gasteiger partial charge in [0, 0.05) is 16.7 Å². The summed E-state index contributed by atoms with van der Waals surface area (Å²) in [6.07, 6.45) is 10.2. The van der Waals surface area contributed by atoms with Gasteiger partial charge in [-0.1, -0.05) is 23.7 Å². The summed E-state index contributed by atoms with van der Waals surface area (Å²) in [5.41, 5.74) is 2.09. The Morgan fingerprint density at radius 3 is 2.47 bits per heavy atom. The van der Waals surface area contributed by atoms with Crippen LogP contribution in [0.3, 0.4) is 0 Å². The van der Waals surface area contributed by atoms with Gasteiger partial charge in [-0.2, -0.15) is 8.42 Å². The largest absolute Gasteiger partial charge is 0.491 e. The first kappa shape index (κ1) is 27.3. The second-order valence-electron chi connectivity index (χ2n) is 8.20. The third-order valence-electron chi connectivity index (χ3n) is 5.42. The number of esters is 1. The first-order chi connectivity index (χ1) is 17.0. The number of allylic oxidation sites excluding steroid dienone is 3. The van der Waals surface area contributed by atoms with E-state index in [4.69, 9.17) is 21.1 Å². The highest BCUT2D eigenvalue weighted by Gasteiger charge is 2.33. The Morgan fingerprint density at radius 2 is 1.81 bits per heavy atom. The van der Waals surface area contributed by atoms with Crippen LogP contribution in [0.1, 0.15) is 26.3 Å². The van der Waals surface area contributed by atoms with Crippen LogP contribution in [0.25, 0.3) is 6.08 Å². The molecule has 10 heteroatoms. The Balaban J connectivity index is 1.66. The number of carbonyl (C=O) groups excluding carboxylic acids is 2. The van der Waals surface area contributed by atoms with Gasteiger partial charge in [-0.05, 0) is 54.1 Å². The highest BCUT2D eigenvalue weighted by molar-refractivity contribution is 7.85. The predicted octanol–water partition coefficient (Wildman–Crippen LogP) is 4.24. The van der Waals surface area contributed by atoms with Gasteiger partial charge in [0.2, 0.25) is 5.78 Å². The number of hydrogen-bond donors (Lipinski definition) is 0. The molecule has 1 heterocycles. The van der Waals surface area contributed by atoms with E-state index in [0.29, 0.717) is 39.7 Å². The Morgan fingerprint density at radius 1 is 1.08 bits per heavy atom. The number of halogens is 1. The molecule has 3 rings (SSSR count). The molecular formula is C26H27ClNO7S+. The number of benzene rings is 2. The lowest BCUT2D eigenvalue weighted by Crippen LogP contribution is -2.38. The number of nitrogens with zero attached hydrogens (tertiary/aromatic N) is 1. The van der Waals surface area contributed by atoms with E-state index in [9.17, 15) is 18.0 Å². The zero-order valence-electron chi connectivity index (χ0n) is 20.1. The quantitative estimate of drug-likeness (QED) is 0.140. The van der Waals surface area contributed by atoms with E-state index in [0.717, 1.165) is 6.26 Å². The number of ketones is 1. The van der Waals surface area contributed by atoms with Gasteiger partial charge >= 0.3 is 5.97 Å². The highest BCUT2D eigenvalue weighted by Crippen LogP contribution is 2.27. The SMILES string of the molecule is COC(=O)c1cc(Cl)ccc1/C=C/C[N+]1(C)C=CC=C1C(=O)c1ccc(OCCOS(C)(=O)=O)cc1. The Kier molecular flexibility index (Phi) is 8.86. The van der Waals surface area contributed by atoms with Crippen molar-refractivity contribution in [2.75, 3.05) is 40.2 Å². The Bertz CT molecular complexity index is 1330. The molecule has 0 amide bonds. The maximum atomic E-state index is 13.2. The van der Waals surface area contributed by atoms with E-state index < -0.39 is 16.1 Å². The van der Waals surface area contributed by atoms with Crippen LogP contribution in [0.5, 0.6) is 5.75 Å². The molecule has 0 bridgehead atoms. The fraction of sp³-hybridized carbons (Fsp3) is 0.231. The lowest BCUT2D eigenvalue weighted by molar-refractivity contribution is -0.806. The summed E-state index contributed by atoms with van der Waals surface area (Å²) in [5.74, 6) is -0.124. The van der Waals surface area contributed by atoms with E-state index in [-0.39, 0.29) is 23.5 Å². The number of quaternary nitrogens is 1. The van der Waals surface area contributed by atoms with Crippen molar-refractivity contribution in [1.29, 1.82) is 0 Å². The molecule has 1 unspecified atom stereocenters. The second kappa shape index (κ2) is 11.7. The minimum Gasteiger partial charge on any atom is -0.491 e. The fourth-order valence-electron chi connectivity index (χ4n) is 3.60. The van der Waals surface area contributed by atoms with E-state index in [1.807, 2.05) is 25.4 Å². The zero-order chi connectivity index (χ0) is 26.3. The van der Waals surface area contributed by atoms with Crippen molar-refractivity contribution in [2.45, 2.75) is 0 Å². The topological polar surface area (TPSA) is 96.0 Å². The molecule has 1 aliphatic rings. The van der Waals surface area contributed by atoms with Gasteiger partial charge < -0.3 is 9.47 Å². The number of hydrogen-bond acceptors (Lipinski definition) is 7. The summed E-state index contributed by atoms with van der Waals surface area (Å²) in [6, 6.07) is 11.6. The summed E-state index contributed by atoms with van der Waals surface area (Å²) in [6.45, 7) is 0.430. The van der Waals surface area contributed by atoms with E-state index >= 15 is 0 Å². The molecule has 2 aromatic carbocycles. The lowest BCUT2D eigenvalue weighted by Gasteiger charge is -2.27. The van der Waals surface area contributed by atoms with Crippen LogP contribution in [-0.2, 0) is 19.0 Å². The molecule has 0 spiro atoms. The minimum absolute atomic E-state index is 0.0576. The monoisotopic (exact) mass is 532 g/mol. The van der Waals surface area contributed by atoms with Crippen molar-refractivity contribution in [3.05, 3.63) is 94.3 Å². The number of carbonyl (C=O) groups is 2. The van der Waals surface area contributed by atoms with Gasteiger partial charge in [-0.15, -0.1) is 0 Å². The average molecular weight is 533 g/mol. The van der Waals surface area contributed by atoms with Gasteiger partial charge in [-0.3, -0.25) is 13.5 Å². The van der Waals surface area contributed by atoms with Gasteiger partial charge in [-0.25, -0.2) is 4.79 Å². The number of Topliss-reactive ketones (excluding diaryl/α,β-unsaturated/α-hetero) is 1. The van der Waals surface area contributed by atoms with Crippen molar-refractivity contribution in [3.63, 3.8) is 0 Å². The molecule has 1 aliphatic heterocycles. The van der Waals surface area contributed by atoms with E-state index in [1.165, 1.54) is 7.11 Å². The van der Waals surface area contributed by atoms with Crippen LogP contribution in [0.4, 0.5) is 0 Å². The Hall–Kier alpha value is -3.24. The molecule has 1 atom stereocenters. The molecule has 0 radical (unpaired) electrons. The third kappa shape index (κ3) is 7.14. The number of ether oxygens (including phenoxy) is 2. The first-order valence-electron chi connectivity index (χ1n) is 10.9. The maximum Gasteiger partial charge on any atom is 0.338 e. The molecule has 0 aromatic heterocycles. The van der Waals surface area contributed by atoms with Crippen molar-refractivity contribution in [2.24, 2.45) is 0 Å². The summed E-state index contributed by atoms with van der Waals surface area (Å²) in [5, 5.41) is 0.434. The average Bonchev–Trinajstić information content (AvgIpc) is 3.22. The molecule has 0 N–H and O–H groups in total. The molecule has 0 aliphatic carbocycles. The summed E-state index contributed by atoms with van der Waals surface area (Å²) >= 11 is 6.02. The normalized spacial score (nSPS) is 17.3. The smallest absolute Gasteiger partial charge is 0.338 e. The highest BCUT2D eigenvalue weighted by atomic mass is 35.5. The number of rotatable bonds is 11. The van der Waals surface area contributed by atoms with E-state index in [2.05, 4.69) is 4.18 Å². The summed E-state index contributed by atoms with van der Waals surface area (Å²) in [7, 11) is -0.289. The molecule has 2 aromatic rings. The van der Waals surface area contributed by atoms with Crippen LogP contribution < -0.4 is 4.74 Å². The van der Waals surface area contributed by atoms with Crippen LogP contribution in [0, 0.1) is 0 Å². The fourth-order valence-corrected chi connectivity index (χ4v) is 4.14. The first-order valence-corrected chi connectivity index (χ1v) is 13.1. The van der Waals surface area contributed by atoms with Gasteiger partial charge in [0.05, 0.1) is 26.0 Å². The number of methoxy groups -OCH3 is 1. The van der Waals surface area contributed by atoms with Crippen molar-refractivity contribution in [3.8, 4) is 5.75 Å².